The molecule has 2 aliphatic rings. The molecule has 0 aliphatic carbocycles. The van der Waals surface area contributed by atoms with Crippen molar-refractivity contribution in [1.82, 2.24) is 14.7 Å². The van der Waals surface area contributed by atoms with Crippen LogP contribution in [0.2, 0.25) is 0 Å². The lowest BCUT2D eigenvalue weighted by molar-refractivity contribution is 0.0271. The SMILES string of the molecule is CN1CCC(N(C)[C@H]2CCN(C(=O)OC(C)(C)C)C2)CC1. The Labute approximate surface area is 129 Å². The third-order valence-electron chi connectivity index (χ3n) is 4.66. The van der Waals surface area contributed by atoms with Crippen molar-refractivity contribution in [2.75, 3.05) is 40.3 Å². The molecule has 2 saturated heterocycles. The van der Waals surface area contributed by atoms with Gasteiger partial charge in [-0.3, -0.25) is 4.90 Å². The van der Waals surface area contributed by atoms with Gasteiger partial charge in [-0.1, -0.05) is 0 Å². The van der Waals surface area contributed by atoms with Crippen molar-refractivity contribution in [2.45, 2.75) is 57.7 Å². The van der Waals surface area contributed by atoms with E-state index in [1.807, 2.05) is 25.7 Å². The molecule has 5 heteroatoms. The first kappa shape index (κ1) is 16.6. The number of ether oxygens (including phenoxy) is 1. The van der Waals surface area contributed by atoms with Gasteiger partial charge in [0.2, 0.25) is 0 Å². The minimum atomic E-state index is -0.408. The largest absolute Gasteiger partial charge is 0.444 e. The lowest BCUT2D eigenvalue weighted by Gasteiger charge is -2.38. The monoisotopic (exact) mass is 297 g/mol. The summed E-state index contributed by atoms with van der Waals surface area (Å²) in [7, 11) is 4.41. The number of likely N-dealkylation sites (N-methyl/N-ethyl adjacent to an activating group) is 1. The quantitative estimate of drug-likeness (QED) is 0.781. The first-order valence-electron chi connectivity index (χ1n) is 8.14. The Balaban J connectivity index is 1.83. The fraction of sp³-hybridized carbons (Fsp3) is 0.938. The zero-order valence-electron chi connectivity index (χ0n) is 14.3. The molecule has 2 rings (SSSR count). The van der Waals surface area contributed by atoms with E-state index in [4.69, 9.17) is 4.74 Å². The van der Waals surface area contributed by atoms with Crippen molar-refractivity contribution in [3.05, 3.63) is 0 Å². The molecule has 21 heavy (non-hydrogen) atoms. The summed E-state index contributed by atoms with van der Waals surface area (Å²) in [6, 6.07) is 1.13. The van der Waals surface area contributed by atoms with Gasteiger partial charge >= 0.3 is 6.09 Å². The standard InChI is InChI=1S/C16H31N3O2/c1-16(2,3)21-15(20)19-11-8-14(12-19)18(5)13-6-9-17(4)10-7-13/h13-14H,6-12H2,1-5H3/t14-/m0/s1. The van der Waals surface area contributed by atoms with Gasteiger partial charge in [0.05, 0.1) is 0 Å². The normalized spacial score (nSPS) is 25.6. The van der Waals surface area contributed by atoms with Gasteiger partial charge in [-0.05, 0) is 67.2 Å². The second kappa shape index (κ2) is 6.53. The summed E-state index contributed by atoms with van der Waals surface area (Å²) in [6.07, 6.45) is 3.36. The Hall–Kier alpha value is -0.810. The van der Waals surface area contributed by atoms with Crippen molar-refractivity contribution in [2.24, 2.45) is 0 Å². The molecule has 1 amide bonds. The minimum Gasteiger partial charge on any atom is -0.444 e. The molecular weight excluding hydrogens is 266 g/mol. The first-order valence-corrected chi connectivity index (χ1v) is 8.14. The van der Waals surface area contributed by atoms with Crippen LogP contribution in [-0.4, -0.2) is 78.8 Å². The molecule has 2 aliphatic heterocycles. The van der Waals surface area contributed by atoms with Crippen molar-refractivity contribution >= 4 is 6.09 Å². The van der Waals surface area contributed by atoms with Crippen LogP contribution in [0.4, 0.5) is 4.79 Å². The molecule has 0 aromatic carbocycles. The minimum absolute atomic E-state index is 0.165. The highest BCUT2D eigenvalue weighted by Crippen LogP contribution is 2.23. The summed E-state index contributed by atoms with van der Waals surface area (Å²) in [6.45, 7) is 9.73. The molecule has 2 heterocycles. The van der Waals surface area contributed by atoms with Crippen molar-refractivity contribution in [1.29, 1.82) is 0 Å². The van der Waals surface area contributed by atoms with Gasteiger partial charge in [0.1, 0.15) is 5.60 Å². The Morgan fingerprint density at radius 2 is 1.67 bits per heavy atom. The Bertz CT molecular complexity index is 359. The second-order valence-electron chi connectivity index (χ2n) is 7.57. The molecule has 0 bridgehead atoms. The third-order valence-corrected chi connectivity index (χ3v) is 4.66. The van der Waals surface area contributed by atoms with E-state index in [1.165, 1.54) is 25.9 Å². The van der Waals surface area contributed by atoms with E-state index in [0.29, 0.717) is 12.1 Å². The average molecular weight is 297 g/mol. The molecule has 122 valence electrons. The van der Waals surface area contributed by atoms with Crippen LogP contribution in [0, 0.1) is 0 Å². The van der Waals surface area contributed by atoms with Crippen LogP contribution in [0.15, 0.2) is 0 Å². The van der Waals surface area contributed by atoms with Crippen molar-refractivity contribution in [3.8, 4) is 0 Å². The van der Waals surface area contributed by atoms with E-state index in [9.17, 15) is 4.79 Å². The molecule has 0 aromatic heterocycles. The maximum atomic E-state index is 12.1. The number of amides is 1. The van der Waals surface area contributed by atoms with E-state index >= 15 is 0 Å². The highest BCUT2D eigenvalue weighted by Gasteiger charge is 2.34. The van der Waals surface area contributed by atoms with Crippen LogP contribution < -0.4 is 0 Å². The van der Waals surface area contributed by atoms with E-state index in [2.05, 4.69) is 23.9 Å². The molecule has 0 radical (unpaired) electrons. The van der Waals surface area contributed by atoms with E-state index < -0.39 is 5.60 Å². The van der Waals surface area contributed by atoms with E-state index in [1.54, 1.807) is 0 Å². The predicted octanol–water partition coefficient (Wildman–Crippen LogP) is 2.02. The number of hydrogen-bond donors (Lipinski definition) is 0. The van der Waals surface area contributed by atoms with Gasteiger partial charge in [-0.25, -0.2) is 4.79 Å². The second-order valence-corrected chi connectivity index (χ2v) is 7.57. The summed E-state index contributed by atoms with van der Waals surface area (Å²) in [5.41, 5.74) is -0.408. The maximum absolute atomic E-state index is 12.1. The summed E-state index contributed by atoms with van der Waals surface area (Å²) in [4.78, 5) is 18.9. The fourth-order valence-corrected chi connectivity index (χ4v) is 3.27. The summed E-state index contributed by atoms with van der Waals surface area (Å²) < 4.78 is 5.47. The molecule has 0 saturated carbocycles. The molecule has 0 aromatic rings. The van der Waals surface area contributed by atoms with E-state index in [0.717, 1.165) is 19.5 Å². The Morgan fingerprint density at radius 3 is 2.24 bits per heavy atom. The van der Waals surface area contributed by atoms with Gasteiger partial charge in [-0.15, -0.1) is 0 Å². The fourth-order valence-electron chi connectivity index (χ4n) is 3.27. The van der Waals surface area contributed by atoms with Crippen molar-refractivity contribution in [3.63, 3.8) is 0 Å². The molecule has 1 atom stereocenters. The first-order chi connectivity index (χ1) is 9.76. The highest BCUT2D eigenvalue weighted by atomic mass is 16.6. The van der Waals surface area contributed by atoms with Crippen LogP contribution in [0.3, 0.4) is 0 Å². The zero-order chi connectivity index (χ0) is 15.6. The Morgan fingerprint density at radius 1 is 1.10 bits per heavy atom. The smallest absolute Gasteiger partial charge is 0.410 e. The van der Waals surface area contributed by atoms with Crippen molar-refractivity contribution < 1.29 is 9.53 Å². The van der Waals surface area contributed by atoms with Crippen LogP contribution in [-0.2, 0) is 4.74 Å². The number of hydrogen-bond acceptors (Lipinski definition) is 4. The molecular formula is C16H31N3O2. The number of nitrogens with zero attached hydrogens (tertiary/aromatic N) is 3. The van der Waals surface area contributed by atoms with Gasteiger partial charge in [-0.2, -0.15) is 0 Å². The molecule has 0 N–H and O–H groups in total. The van der Waals surface area contributed by atoms with E-state index in [-0.39, 0.29) is 6.09 Å². The molecule has 0 spiro atoms. The average Bonchev–Trinajstić information content (AvgIpc) is 2.86. The predicted molar refractivity (Wildman–Crippen MR) is 84.5 cm³/mol. The van der Waals surface area contributed by atoms with Crippen LogP contribution in [0.1, 0.15) is 40.0 Å². The topological polar surface area (TPSA) is 36.0 Å². The lowest BCUT2D eigenvalue weighted by Crippen LogP contribution is -2.47. The van der Waals surface area contributed by atoms with Crippen LogP contribution >= 0.6 is 0 Å². The lowest BCUT2D eigenvalue weighted by atomic mass is 10.0. The molecule has 0 unspecified atom stereocenters. The number of likely N-dealkylation sites (tertiary alicyclic amines) is 2. The summed E-state index contributed by atoms with van der Waals surface area (Å²) in [5.74, 6) is 0. The Kier molecular flexibility index (Phi) is 5.15. The third kappa shape index (κ3) is 4.58. The zero-order valence-corrected chi connectivity index (χ0v) is 14.3. The number of rotatable bonds is 2. The van der Waals surface area contributed by atoms with Gasteiger partial charge in [0.15, 0.2) is 0 Å². The highest BCUT2D eigenvalue weighted by molar-refractivity contribution is 5.68. The maximum Gasteiger partial charge on any atom is 0.410 e. The number of carbonyl (C=O) groups excluding carboxylic acids is 1. The summed E-state index contributed by atoms with van der Waals surface area (Å²) >= 11 is 0. The van der Waals surface area contributed by atoms with Crippen LogP contribution in [0.5, 0.6) is 0 Å². The van der Waals surface area contributed by atoms with Crippen LogP contribution in [0.25, 0.3) is 0 Å². The molecule has 2 fully saturated rings. The number of piperidine rings is 1. The summed E-state index contributed by atoms with van der Waals surface area (Å²) in [5, 5.41) is 0. The number of carbonyl (C=O) groups is 1. The van der Waals surface area contributed by atoms with Gasteiger partial charge in [0.25, 0.3) is 0 Å². The molecule has 5 nitrogen and oxygen atoms in total. The van der Waals surface area contributed by atoms with Gasteiger partial charge < -0.3 is 14.5 Å². The van der Waals surface area contributed by atoms with Gasteiger partial charge in [0, 0.05) is 25.2 Å².